The maximum Gasteiger partial charge on any atom is 0.303 e. The first-order valence-corrected chi connectivity index (χ1v) is 19.1. The van der Waals surface area contributed by atoms with Gasteiger partial charge in [-0.2, -0.15) is 0 Å². The second kappa shape index (κ2) is 11.1. The molecule has 5 aliphatic carbocycles. The molecule has 3 aliphatic heterocycles. The molecule has 14 atom stereocenters. The third-order valence-electron chi connectivity index (χ3n) is 16.1. The van der Waals surface area contributed by atoms with Crippen LogP contribution in [0.3, 0.4) is 0 Å². The van der Waals surface area contributed by atoms with E-state index in [1.165, 1.54) is 13.3 Å². The van der Waals surface area contributed by atoms with Crippen molar-refractivity contribution in [1.29, 1.82) is 0 Å². The lowest BCUT2D eigenvalue weighted by molar-refractivity contribution is -0.254. The molecule has 3 saturated heterocycles. The van der Waals surface area contributed by atoms with Crippen LogP contribution in [0.4, 0.5) is 0 Å². The van der Waals surface area contributed by atoms with Crippen molar-refractivity contribution >= 4 is 5.97 Å². The highest BCUT2D eigenvalue weighted by Crippen LogP contribution is 2.87. The summed E-state index contributed by atoms with van der Waals surface area (Å²) in [4.78, 5) is 14.6. The van der Waals surface area contributed by atoms with Gasteiger partial charge in [0, 0.05) is 13.5 Å². The summed E-state index contributed by atoms with van der Waals surface area (Å²) >= 11 is 0. The van der Waals surface area contributed by atoms with Gasteiger partial charge in [-0.15, -0.1) is 0 Å². The van der Waals surface area contributed by atoms with Gasteiger partial charge in [0.05, 0.1) is 68.0 Å². The lowest BCUT2D eigenvalue weighted by Gasteiger charge is -2.63. The number of carbonyl (C=O) groups excluding carboxylic acids is 1. The van der Waals surface area contributed by atoms with Crippen molar-refractivity contribution in [2.45, 2.75) is 154 Å². The topological polar surface area (TPSA) is 133 Å². The summed E-state index contributed by atoms with van der Waals surface area (Å²) in [5, 5.41) is 23.5. The van der Waals surface area contributed by atoms with Gasteiger partial charge in [-0.1, -0.05) is 27.7 Å². The maximum absolute atomic E-state index is 12.5. The molecule has 6 unspecified atom stereocenters. The molecule has 0 radical (unpaired) electrons. The van der Waals surface area contributed by atoms with Gasteiger partial charge in [-0.25, -0.2) is 0 Å². The molecule has 2 spiro atoms. The SMILES string of the molecule is CC(=O)O[C@@H](C1C[C@@H](C)[C@H]2C(O1)[C@@H](O)[C@@]1(N)C3CCC4C(C)(C)[C@@H](OC5CN(C6COC6)CCO5)CC[C@@]45C[C@@]35CCC21C)C(C)(C)O. The minimum absolute atomic E-state index is 0.0103. The van der Waals surface area contributed by atoms with E-state index in [9.17, 15) is 15.0 Å². The monoisotopic (exact) mass is 674 g/mol. The van der Waals surface area contributed by atoms with Crippen molar-refractivity contribution in [2.24, 2.45) is 51.1 Å². The van der Waals surface area contributed by atoms with Gasteiger partial charge in [0.15, 0.2) is 12.4 Å². The Morgan fingerprint density at radius 2 is 1.77 bits per heavy atom. The highest BCUT2D eigenvalue weighted by molar-refractivity contribution is 5.66. The van der Waals surface area contributed by atoms with E-state index in [0.29, 0.717) is 25.0 Å². The molecular formula is C38H62N2O8. The van der Waals surface area contributed by atoms with Crippen LogP contribution in [0, 0.1) is 45.3 Å². The van der Waals surface area contributed by atoms with Gasteiger partial charge in [0.25, 0.3) is 0 Å². The highest BCUT2D eigenvalue weighted by Gasteiger charge is 2.85. The number of nitrogens with two attached hydrogens (primary N) is 1. The van der Waals surface area contributed by atoms with Gasteiger partial charge in [-0.3, -0.25) is 9.69 Å². The predicted molar refractivity (Wildman–Crippen MR) is 178 cm³/mol. The molecular weight excluding hydrogens is 612 g/mol. The van der Waals surface area contributed by atoms with E-state index in [2.05, 4.69) is 32.6 Å². The molecule has 10 nitrogen and oxygen atoms in total. The number of morpholine rings is 1. The van der Waals surface area contributed by atoms with Crippen molar-refractivity contribution in [3.05, 3.63) is 0 Å². The van der Waals surface area contributed by atoms with Crippen LogP contribution in [0.2, 0.25) is 0 Å². The number of aliphatic hydroxyl groups is 2. The van der Waals surface area contributed by atoms with E-state index in [0.717, 1.165) is 64.8 Å². The molecule has 8 rings (SSSR count). The molecule has 272 valence electrons. The molecule has 0 bridgehead atoms. The Kier molecular flexibility index (Phi) is 7.90. The van der Waals surface area contributed by atoms with Crippen molar-refractivity contribution in [1.82, 2.24) is 4.90 Å². The number of aliphatic hydroxyl groups excluding tert-OH is 1. The Balaban J connectivity index is 1.03. The van der Waals surface area contributed by atoms with E-state index in [1.807, 2.05) is 0 Å². The molecule has 8 aliphatic rings. The average Bonchev–Trinajstić information content (AvgIpc) is 3.61. The van der Waals surface area contributed by atoms with Crippen LogP contribution in [-0.4, -0.2) is 108 Å². The maximum atomic E-state index is 12.5. The number of nitrogens with zero attached hydrogens (tertiary/aromatic N) is 1. The van der Waals surface area contributed by atoms with Crippen LogP contribution in [0.1, 0.15) is 99.8 Å². The molecule has 5 saturated carbocycles. The van der Waals surface area contributed by atoms with Gasteiger partial charge >= 0.3 is 5.97 Å². The fourth-order valence-electron chi connectivity index (χ4n) is 13.9. The number of fused-ring (bicyclic) bond motifs is 4. The van der Waals surface area contributed by atoms with Crippen LogP contribution < -0.4 is 5.73 Å². The smallest absolute Gasteiger partial charge is 0.303 e. The van der Waals surface area contributed by atoms with Crippen molar-refractivity contribution in [3.8, 4) is 0 Å². The average molecular weight is 675 g/mol. The predicted octanol–water partition coefficient (Wildman–Crippen LogP) is 3.64. The van der Waals surface area contributed by atoms with Gasteiger partial charge in [0.2, 0.25) is 0 Å². The zero-order valence-corrected chi connectivity index (χ0v) is 30.4. The third kappa shape index (κ3) is 4.55. The number of hydrogen-bond acceptors (Lipinski definition) is 10. The van der Waals surface area contributed by atoms with Crippen molar-refractivity contribution in [3.63, 3.8) is 0 Å². The normalized spacial score (nSPS) is 52.1. The van der Waals surface area contributed by atoms with E-state index < -0.39 is 41.5 Å². The summed E-state index contributed by atoms with van der Waals surface area (Å²) in [5.41, 5.74) is 5.85. The van der Waals surface area contributed by atoms with Crippen LogP contribution in [0.5, 0.6) is 0 Å². The fraction of sp³-hybridized carbons (Fsp3) is 0.974. The first kappa shape index (κ1) is 34.2. The quantitative estimate of drug-likeness (QED) is 0.359. The van der Waals surface area contributed by atoms with E-state index in [-0.39, 0.29) is 51.8 Å². The molecule has 4 N–H and O–H groups in total. The summed E-state index contributed by atoms with van der Waals surface area (Å²) in [6.07, 6.45) is 5.62. The Labute approximate surface area is 287 Å². The summed E-state index contributed by atoms with van der Waals surface area (Å²) in [6, 6.07) is 0.496. The molecule has 10 heteroatoms. The second-order valence-corrected chi connectivity index (χ2v) is 19.0. The fourth-order valence-corrected chi connectivity index (χ4v) is 13.9. The molecule has 8 fully saturated rings. The minimum atomic E-state index is -1.28. The Morgan fingerprint density at radius 3 is 2.44 bits per heavy atom. The van der Waals surface area contributed by atoms with Crippen LogP contribution in [0.15, 0.2) is 0 Å². The molecule has 0 aromatic rings. The standard InChI is InChI=1S/C38H62N2O8/c1-21-16-24(32(34(5,6)43)46-22(2)41)47-30-29(21)35(7)12-13-37-20-36(37)11-10-27(48-28-17-40(14-15-45-28)23-18-44-19-23)33(3,4)25(36)8-9-26(37)38(35,39)31(30)42/h21,23-32,42-43H,8-20,39H2,1-7H3/t21-,24?,25?,26?,27+,28?,29+,30?,31-,32+,35?,36-,37+,38+/m1/s1. The van der Waals surface area contributed by atoms with Crippen LogP contribution in [-0.2, 0) is 28.5 Å². The summed E-state index contributed by atoms with van der Waals surface area (Å²) < 4.78 is 31.0. The number of carbonyl (C=O) groups is 1. The highest BCUT2D eigenvalue weighted by atomic mass is 16.7. The lowest BCUT2D eigenvalue weighted by atomic mass is 9.43. The number of esters is 1. The zero-order valence-electron chi connectivity index (χ0n) is 30.4. The molecule has 0 aromatic carbocycles. The molecule has 0 aromatic heterocycles. The largest absolute Gasteiger partial charge is 0.457 e. The third-order valence-corrected chi connectivity index (χ3v) is 16.1. The summed E-state index contributed by atoms with van der Waals surface area (Å²) in [5.74, 6) is 0.617. The van der Waals surface area contributed by atoms with E-state index in [1.54, 1.807) is 13.8 Å². The van der Waals surface area contributed by atoms with Crippen molar-refractivity contribution in [2.75, 3.05) is 32.9 Å². The summed E-state index contributed by atoms with van der Waals surface area (Å²) in [7, 11) is 0. The Bertz CT molecular complexity index is 1290. The first-order valence-electron chi connectivity index (χ1n) is 19.1. The van der Waals surface area contributed by atoms with E-state index >= 15 is 0 Å². The van der Waals surface area contributed by atoms with Gasteiger partial charge < -0.3 is 39.6 Å². The first-order chi connectivity index (χ1) is 22.5. The van der Waals surface area contributed by atoms with Gasteiger partial charge in [-0.05, 0) is 111 Å². The molecule has 3 heterocycles. The molecule has 0 amide bonds. The number of hydrogen-bond donors (Lipinski definition) is 3. The Hall–Kier alpha value is -0.850. The minimum Gasteiger partial charge on any atom is -0.457 e. The van der Waals surface area contributed by atoms with Crippen molar-refractivity contribution < 1.29 is 38.7 Å². The van der Waals surface area contributed by atoms with Gasteiger partial charge in [0.1, 0.15) is 0 Å². The van der Waals surface area contributed by atoms with Crippen LogP contribution >= 0.6 is 0 Å². The van der Waals surface area contributed by atoms with Crippen LogP contribution in [0.25, 0.3) is 0 Å². The number of rotatable bonds is 6. The summed E-state index contributed by atoms with van der Waals surface area (Å²) in [6.45, 7) is 18.3. The van der Waals surface area contributed by atoms with E-state index in [4.69, 9.17) is 29.4 Å². The number of ether oxygens (including phenoxy) is 5. The molecule has 48 heavy (non-hydrogen) atoms. The second-order valence-electron chi connectivity index (χ2n) is 19.0. The Morgan fingerprint density at radius 1 is 1.06 bits per heavy atom. The lowest BCUT2D eigenvalue weighted by Crippen LogP contribution is -2.70. The zero-order chi connectivity index (χ0) is 34.2.